The summed E-state index contributed by atoms with van der Waals surface area (Å²) in [4.78, 5) is 27.7. The molecule has 1 fully saturated rings. The van der Waals surface area contributed by atoms with Crippen molar-refractivity contribution in [3.8, 4) is 5.88 Å². The van der Waals surface area contributed by atoms with Gasteiger partial charge in [0.15, 0.2) is 11.2 Å². The number of ether oxygens (including phenoxy) is 2. The molecule has 0 aliphatic carbocycles. The standard InChI is InChI=1S/C16H24N6O4/c1-4-22-13-12(19-15(22)20(2)7-8-25-3)14(18-10-17-13)26-11-5-6-21(9-11)16(23)24/h10-11H,4-9H2,1-3H3,(H,23,24)/t11-/m0/s1. The van der Waals surface area contributed by atoms with Crippen LogP contribution in [0.4, 0.5) is 10.7 Å². The normalized spacial score (nSPS) is 17.0. The average Bonchev–Trinajstić information content (AvgIpc) is 3.24. The van der Waals surface area contributed by atoms with E-state index in [2.05, 4.69) is 15.0 Å². The van der Waals surface area contributed by atoms with Crippen molar-refractivity contribution < 1.29 is 19.4 Å². The van der Waals surface area contributed by atoms with Gasteiger partial charge in [-0.1, -0.05) is 0 Å². The number of carboxylic acid groups (broad SMARTS) is 1. The maximum absolute atomic E-state index is 11.1. The largest absolute Gasteiger partial charge is 0.471 e. The topological polar surface area (TPSA) is 106 Å². The Morgan fingerprint density at radius 1 is 1.46 bits per heavy atom. The first kappa shape index (κ1) is 18.2. The summed E-state index contributed by atoms with van der Waals surface area (Å²) in [6.07, 6.45) is 0.924. The van der Waals surface area contributed by atoms with Gasteiger partial charge in [0.1, 0.15) is 12.4 Å². The van der Waals surface area contributed by atoms with Gasteiger partial charge in [-0.15, -0.1) is 0 Å². The van der Waals surface area contributed by atoms with Crippen molar-refractivity contribution in [1.29, 1.82) is 0 Å². The van der Waals surface area contributed by atoms with E-state index in [4.69, 9.17) is 14.6 Å². The number of imidazole rings is 1. The van der Waals surface area contributed by atoms with E-state index >= 15 is 0 Å². The van der Waals surface area contributed by atoms with Crippen LogP contribution in [0.25, 0.3) is 11.2 Å². The predicted molar refractivity (Wildman–Crippen MR) is 94.8 cm³/mol. The number of aryl methyl sites for hydroxylation is 1. The highest BCUT2D eigenvalue weighted by Gasteiger charge is 2.29. The number of likely N-dealkylation sites (tertiary alicyclic amines) is 1. The zero-order valence-corrected chi connectivity index (χ0v) is 15.3. The van der Waals surface area contributed by atoms with Crippen molar-refractivity contribution in [2.75, 3.05) is 45.3 Å². The number of nitrogens with zero attached hydrogens (tertiary/aromatic N) is 6. The van der Waals surface area contributed by atoms with E-state index in [-0.39, 0.29) is 6.10 Å². The van der Waals surface area contributed by atoms with E-state index in [1.807, 2.05) is 23.4 Å². The molecule has 3 rings (SSSR count). The maximum Gasteiger partial charge on any atom is 0.407 e. The third-order valence-electron chi connectivity index (χ3n) is 4.46. The van der Waals surface area contributed by atoms with Crippen LogP contribution in [0.15, 0.2) is 6.33 Å². The molecule has 1 amide bonds. The second kappa shape index (κ2) is 7.73. The fraction of sp³-hybridized carbons (Fsp3) is 0.625. The van der Waals surface area contributed by atoms with Crippen LogP contribution in [0.5, 0.6) is 5.88 Å². The van der Waals surface area contributed by atoms with Crippen LogP contribution in [-0.2, 0) is 11.3 Å². The summed E-state index contributed by atoms with van der Waals surface area (Å²) in [7, 11) is 3.61. The SMILES string of the molecule is CCn1c(N(C)CCOC)nc2c(O[C@H]3CCN(C(=O)O)C3)ncnc21. The number of carbonyl (C=O) groups is 1. The Balaban J connectivity index is 1.87. The zero-order chi connectivity index (χ0) is 18.7. The smallest absolute Gasteiger partial charge is 0.407 e. The molecular weight excluding hydrogens is 340 g/mol. The molecule has 1 saturated heterocycles. The second-order valence-corrected chi connectivity index (χ2v) is 6.18. The molecule has 0 unspecified atom stereocenters. The van der Waals surface area contributed by atoms with Gasteiger partial charge in [0, 0.05) is 40.2 Å². The Bertz CT molecular complexity index is 779. The number of anilines is 1. The first-order chi connectivity index (χ1) is 12.5. The van der Waals surface area contributed by atoms with Crippen molar-refractivity contribution in [1.82, 2.24) is 24.4 Å². The van der Waals surface area contributed by atoms with Crippen LogP contribution in [-0.4, -0.2) is 82.1 Å². The molecule has 2 aromatic heterocycles. The number of fused-ring (bicyclic) bond motifs is 1. The van der Waals surface area contributed by atoms with E-state index in [1.54, 1.807) is 7.11 Å². The van der Waals surface area contributed by atoms with Gasteiger partial charge in [0.25, 0.3) is 0 Å². The van der Waals surface area contributed by atoms with Gasteiger partial charge in [-0.05, 0) is 6.92 Å². The molecule has 0 radical (unpaired) electrons. The highest BCUT2D eigenvalue weighted by atomic mass is 16.5. The average molecular weight is 364 g/mol. The Kier molecular flexibility index (Phi) is 5.40. The Morgan fingerprint density at radius 2 is 2.27 bits per heavy atom. The molecule has 10 nitrogen and oxygen atoms in total. The second-order valence-electron chi connectivity index (χ2n) is 6.18. The summed E-state index contributed by atoms with van der Waals surface area (Å²) >= 11 is 0. The molecule has 0 bridgehead atoms. The molecular formula is C16H24N6O4. The lowest BCUT2D eigenvalue weighted by molar-refractivity contribution is 0.145. The number of hydrogen-bond donors (Lipinski definition) is 1. The third kappa shape index (κ3) is 3.50. The molecule has 2 aromatic rings. The number of likely N-dealkylation sites (N-methyl/N-ethyl adjacent to an activating group) is 1. The van der Waals surface area contributed by atoms with Crippen molar-refractivity contribution in [3.63, 3.8) is 0 Å². The summed E-state index contributed by atoms with van der Waals surface area (Å²) < 4.78 is 13.1. The monoisotopic (exact) mass is 364 g/mol. The Labute approximate surface area is 151 Å². The molecule has 142 valence electrons. The lowest BCUT2D eigenvalue weighted by Gasteiger charge is -2.18. The molecule has 26 heavy (non-hydrogen) atoms. The van der Waals surface area contributed by atoms with E-state index in [9.17, 15) is 4.79 Å². The molecule has 0 aromatic carbocycles. The summed E-state index contributed by atoms with van der Waals surface area (Å²) in [6, 6.07) is 0. The third-order valence-corrected chi connectivity index (χ3v) is 4.46. The summed E-state index contributed by atoms with van der Waals surface area (Å²) in [5.41, 5.74) is 1.28. The highest BCUT2D eigenvalue weighted by molar-refractivity contribution is 5.79. The van der Waals surface area contributed by atoms with Gasteiger partial charge in [-0.2, -0.15) is 4.98 Å². The quantitative estimate of drug-likeness (QED) is 0.777. The van der Waals surface area contributed by atoms with Crippen molar-refractivity contribution in [3.05, 3.63) is 6.33 Å². The van der Waals surface area contributed by atoms with E-state index in [1.165, 1.54) is 11.2 Å². The van der Waals surface area contributed by atoms with Gasteiger partial charge < -0.3 is 24.4 Å². The van der Waals surface area contributed by atoms with Crippen LogP contribution in [0.2, 0.25) is 0 Å². The van der Waals surface area contributed by atoms with Gasteiger partial charge in [-0.25, -0.2) is 14.8 Å². The van der Waals surface area contributed by atoms with Gasteiger partial charge in [0.2, 0.25) is 11.8 Å². The lowest BCUT2D eigenvalue weighted by atomic mass is 10.3. The van der Waals surface area contributed by atoms with Crippen molar-refractivity contribution in [2.24, 2.45) is 0 Å². The minimum Gasteiger partial charge on any atom is -0.471 e. The van der Waals surface area contributed by atoms with Crippen LogP contribution < -0.4 is 9.64 Å². The van der Waals surface area contributed by atoms with E-state index < -0.39 is 6.09 Å². The number of hydrogen-bond acceptors (Lipinski definition) is 7. The summed E-state index contributed by atoms with van der Waals surface area (Å²) in [5.74, 6) is 1.16. The van der Waals surface area contributed by atoms with Crippen molar-refractivity contribution in [2.45, 2.75) is 26.0 Å². The Morgan fingerprint density at radius 3 is 2.92 bits per heavy atom. The number of rotatable bonds is 7. The van der Waals surface area contributed by atoms with E-state index in [0.29, 0.717) is 56.3 Å². The van der Waals surface area contributed by atoms with E-state index in [0.717, 1.165) is 5.95 Å². The fourth-order valence-electron chi connectivity index (χ4n) is 3.06. The highest BCUT2D eigenvalue weighted by Crippen LogP contribution is 2.27. The first-order valence-corrected chi connectivity index (χ1v) is 8.61. The van der Waals surface area contributed by atoms with Crippen LogP contribution in [0, 0.1) is 0 Å². The molecule has 1 aliphatic rings. The first-order valence-electron chi connectivity index (χ1n) is 8.61. The van der Waals surface area contributed by atoms with Crippen LogP contribution in [0.1, 0.15) is 13.3 Å². The molecule has 1 N–H and O–H groups in total. The van der Waals surface area contributed by atoms with Gasteiger partial charge >= 0.3 is 6.09 Å². The summed E-state index contributed by atoms with van der Waals surface area (Å²) in [6.45, 7) is 4.80. The molecule has 10 heteroatoms. The molecule has 3 heterocycles. The minimum atomic E-state index is -0.929. The number of aromatic nitrogens is 4. The molecule has 0 spiro atoms. The van der Waals surface area contributed by atoms with Gasteiger partial charge in [-0.3, -0.25) is 4.57 Å². The zero-order valence-electron chi connectivity index (χ0n) is 15.3. The molecule has 1 atom stereocenters. The molecule has 0 saturated carbocycles. The lowest BCUT2D eigenvalue weighted by Crippen LogP contribution is -2.29. The van der Waals surface area contributed by atoms with Gasteiger partial charge in [0.05, 0.1) is 13.2 Å². The summed E-state index contributed by atoms with van der Waals surface area (Å²) in [5, 5.41) is 9.09. The van der Waals surface area contributed by atoms with Crippen LogP contribution in [0.3, 0.4) is 0 Å². The number of amides is 1. The molecule has 1 aliphatic heterocycles. The number of methoxy groups -OCH3 is 1. The predicted octanol–water partition coefficient (Wildman–Crippen LogP) is 1.06. The van der Waals surface area contributed by atoms with Crippen LogP contribution >= 0.6 is 0 Å². The fourth-order valence-corrected chi connectivity index (χ4v) is 3.06. The Hall–Kier alpha value is -2.62. The minimum absolute atomic E-state index is 0.231. The van der Waals surface area contributed by atoms with Crippen molar-refractivity contribution >= 4 is 23.2 Å². The maximum atomic E-state index is 11.1.